The van der Waals surface area contributed by atoms with Gasteiger partial charge in [-0.25, -0.2) is 0 Å². The standard InChI is InChI=1S/C16H22F3N3O2/c1-2-24-14-5-3-13(4-6-14)20-15(23)11-21-7-9-22(10-8-21)12-16(17,18)19/h3-6H,2,7-12H2,1H3,(H,20,23). The van der Waals surface area contributed by atoms with E-state index in [4.69, 9.17) is 4.74 Å². The van der Waals surface area contributed by atoms with Gasteiger partial charge in [-0.1, -0.05) is 0 Å². The maximum atomic E-state index is 12.3. The van der Waals surface area contributed by atoms with Crippen LogP contribution in [-0.2, 0) is 4.79 Å². The van der Waals surface area contributed by atoms with Crippen molar-refractivity contribution < 1.29 is 22.7 Å². The normalized spacial score (nSPS) is 16.8. The molecule has 1 N–H and O–H groups in total. The van der Waals surface area contributed by atoms with E-state index in [-0.39, 0.29) is 12.5 Å². The van der Waals surface area contributed by atoms with Crippen LogP contribution in [0.25, 0.3) is 0 Å². The Balaban J connectivity index is 1.73. The number of nitrogens with zero attached hydrogens (tertiary/aromatic N) is 2. The lowest BCUT2D eigenvalue weighted by Gasteiger charge is -2.34. The van der Waals surface area contributed by atoms with Crippen LogP contribution in [0.2, 0.25) is 0 Å². The van der Waals surface area contributed by atoms with Crippen LogP contribution in [0, 0.1) is 0 Å². The maximum absolute atomic E-state index is 12.3. The van der Waals surface area contributed by atoms with Gasteiger partial charge in [0.05, 0.1) is 19.7 Å². The SMILES string of the molecule is CCOc1ccc(NC(=O)CN2CCN(CC(F)(F)F)CC2)cc1. The second-order valence-electron chi connectivity index (χ2n) is 5.67. The van der Waals surface area contributed by atoms with Crippen LogP contribution in [0.3, 0.4) is 0 Å². The molecule has 1 aromatic rings. The Morgan fingerprint density at radius 2 is 1.71 bits per heavy atom. The van der Waals surface area contributed by atoms with Crippen molar-refractivity contribution >= 4 is 11.6 Å². The van der Waals surface area contributed by atoms with Crippen molar-refractivity contribution in [3.8, 4) is 5.75 Å². The molecule has 1 fully saturated rings. The fourth-order valence-corrected chi connectivity index (χ4v) is 2.56. The molecule has 1 heterocycles. The third kappa shape index (κ3) is 6.37. The number of alkyl halides is 3. The van der Waals surface area contributed by atoms with Gasteiger partial charge in [-0.15, -0.1) is 0 Å². The zero-order valence-corrected chi connectivity index (χ0v) is 13.6. The molecule has 0 atom stereocenters. The molecule has 0 bridgehead atoms. The highest BCUT2D eigenvalue weighted by Gasteiger charge is 2.32. The molecule has 2 rings (SSSR count). The van der Waals surface area contributed by atoms with Crippen LogP contribution < -0.4 is 10.1 Å². The highest BCUT2D eigenvalue weighted by molar-refractivity contribution is 5.92. The van der Waals surface area contributed by atoms with E-state index < -0.39 is 12.7 Å². The van der Waals surface area contributed by atoms with Gasteiger partial charge in [0.2, 0.25) is 5.91 Å². The van der Waals surface area contributed by atoms with E-state index in [0.717, 1.165) is 5.75 Å². The number of rotatable bonds is 6. The molecule has 1 aromatic carbocycles. The summed E-state index contributed by atoms with van der Waals surface area (Å²) in [5, 5.41) is 2.78. The van der Waals surface area contributed by atoms with Crippen molar-refractivity contribution in [3.05, 3.63) is 24.3 Å². The number of hydrogen-bond acceptors (Lipinski definition) is 4. The van der Waals surface area contributed by atoms with Gasteiger partial charge in [-0.2, -0.15) is 13.2 Å². The largest absolute Gasteiger partial charge is 0.494 e. The first kappa shape index (κ1) is 18.5. The number of amides is 1. The molecule has 1 saturated heterocycles. The Labute approximate surface area is 139 Å². The van der Waals surface area contributed by atoms with Gasteiger partial charge in [0.25, 0.3) is 0 Å². The molecule has 0 spiro atoms. The van der Waals surface area contributed by atoms with Crippen LogP contribution >= 0.6 is 0 Å². The predicted molar refractivity (Wildman–Crippen MR) is 85.2 cm³/mol. The van der Waals surface area contributed by atoms with Crippen molar-refractivity contribution in [2.24, 2.45) is 0 Å². The lowest BCUT2D eigenvalue weighted by Crippen LogP contribution is -2.50. The minimum atomic E-state index is -4.17. The van der Waals surface area contributed by atoms with E-state index in [1.165, 1.54) is 4.90 Å². The molecule has 0 aliphatic carbocycles. The number of benzene rings is 1. The van der Waals surface area contributed by atoms with Crippen molar-refractivity contribution in [2.45, 2.75) is 13.1 Å². The minimum Gasteiger partial charge on any atom is -0.494 e. The molecule has 1 amide bonds. The topological polar surface area (TPSA) is 44.8 Å². The van der Waals surface area contributed by atoms with Gasteiger partial charge in [-0.3, -0.25) is 14.6 Å². The van der Waals surface area contributed by atoms with E-state index in [0.29, 0.717) is 38.5 Å². The number of carbonyl (C=O) groups is 1. The highest BCUT2D eigenvalue weighted by atomic mass is 19.4. The van der Waals surface area contributed by atoms with Crippen LogP contribution in [0.5, 0.6) is 5.75 Å². The third-order valence-electron chi connectivity index (χ3n) is 3.68. The second kappa shape index (κ2) is 8.34. The lowest BCUT2D eigenvalue weighted by atomic mass is 10.3. The maximum Gasteiger partial charge on any atom is 0.401 e. The van der Waals surface area contributed by atoms with Crippen molar-refractivity contribution in [1.82, 2.24) is 9.80 Å². The highest BCUT2D eigenvalue weighted by Crippen LogP contribution is 2.18. The third-order valence-corrected chi connectivity index (χ3v) is 3.68. The summed E-state index contributed by atoms with van der Waals surface area (Å²) in [6.45, 7) is 3.29. The van der Waals surface area contributed by atoms with Gasteiger partial charge in [0.15, 0.2) is 0 Å². The van der Waals surface area contributed by atoms with Crippen molar-refractivity contribution in [2.75, 3.05) is 51.2 Å². The number of anilines is 1. The summed E-state index contributed by atoms with van der Waals surface area (Å²) in [7, 11) is 0. The Kier molecular flexibility index (Phi) is 6.44. The number of piperazine rings is 1. The molecule has 0 radical (unpaired) electrons. The Morgan fingerprint density at radius 3 is 2.25 bits per heavy atom. The zero-order valence-electron chi connectivity index (χ0n) is 13.6. The Hall–Kier alpha value is -1.80. The van der Waals surface area contributed by atoms with Gasteiger partial charge < -0.3 is 10.1 Å². The quantitative estimate of drug-likeness (QED) is 0.859. The zero-order chi connectivity index (χ0) is 17.6. The lowest BCUT2D eigenvalue weighted by molar-refractivity contribution is -0.149. The van der Waals surface area contributed by atoms with E-state index in [1.54, 1.807) is 24.3 Å². The number of hydrogen-bond donors (Lipinski definition) is 1. The summed E-state index contributed by atoms with van der Waals surface area (Å²) in [6, 6.07) is 7.05. The van der Waals surface area contributed by atoms with E-state index in [2.05, 4.69) is 5.32 Å². The second-order valence-corrected chi connectivity index (χ2v) is 5.67. The Morgan fingerprint density at radius 1 is 1.12 bits per heavy atom. The van der Waals surface area contributed by atoms with Crippen LogP contribution in [-0.4, -0.2) is 67.8 Å². The molecule has 0 aromatic heterocycles. The fraction of sp³-hybridized carbons (Fsp3) is 0.562. The fourth-order valence-electron chi connectivity index (χ4n) is 2.56. The molecule has 0 unspecified atom stereocenters. The number of halogens is 3. The van der Waals surface area contributed by atoms with Gasteiger partial charge in [0.1, 0.15) is 5.75 Å². The molecule has 1 aliphatic heterocycles. The summed E-state index contributed by atoms with van der Waals surface area (Å²) in [5.41, 5.74) is 0.666. The number of ether oxygens (including phenoxy) is 1. The average molecular weight is 345 g/mol. The first-order valence-corrected chi connectivity index (χ1v) is 7.90. The molecule has 1 aliphatic rings. The predicted octanol–water partition coefficient (Wildman–Crippen LogP) is 2.20. The van der Waals surface area contributed by atoms with E-state index in [9.17, 15) is 18.0 Å². The monoisotopic (exact) mass is 345 g/mol. The summed E-state index contributed by atoms with van der Waals surface area (Å²) in [6.07, 6.45) is -4.17. The summed E-state index contributed by atoms with van der Waals surface area (Å²) in [5.74, 6) is 0.555. The van der Waals surface area contributed by atoms with E-state index in [1.807, 2.05) is 11.8 Å². The molecule has 5 nitrogen and oxygen atoms in total. The first-order chi connectivity index (χ1) is 11.4. The smallest absolute Gasteiger partial charge is 0.401 e. The average Bonchev–Trinajstić information content (AvgIpc) is 2.50. The van der Waals surface area contributed by atoms with Gasteiger partial charge in [-0.05, 0) is 31.2 Å². The summed E-state index contributed by atoms with van der Waals surface area (Å²) < 4.78 is 42.3. The van der Waals surface area contributed by atoms with E-state index >= 15 is 0 Å². The molecule has 134 valence electrons. The van der Waals surface area contributed by atoms with Gasteiger partial charge >= 0.3 is 6.18 Å². The summed E-state index contributed by atoms with van der Waals surface area (Å²) >= 11 is 0. The molecule has 24 heavy (non-hydrogen) atoms. The van der Waals surface area contributed by atoms with Crippen LogP contribution in [0.15, 0.2) is 24.3 Å². The minimum absolute atomic E-state index is 0.174. The summed E-state index contributed by atoms with van der Waals surface area (Å²) in [4.78, 5) is 15.2. The molecular formula is C16H22F3N3O2. The molecular weight excluding hydrogens is 323 g/mol. The number of nitrogens with one attached hydrogen (secondary N) is 1. The van der Waals surface area contributed by atoms with Crippen molar-refractivity contribution in [1.29, 1.82) is 0 Å². The molecule has 0 saturated carbocycles. The van der Waals surface area contributed by atoms with Crippen LogP contribution in [0.4, 0.5) is 18.9 Å². The number of carbonyl (C=O) groups excluding carboxylic acids is 1. The van der Waals surface area contributed by atoms with Crippen LogP contribution in [0.1, 0.15) is 6.92 Å². The first-order valence-electron chi connectivity index (χ1n) is 7.90. The Bertz CT molecular complexity index is 526. The van der Waals surface area contributed by atoms with Crippen molar-refractivity contribution in [3.63, 3.8) is 0 Å². The molecule has 8 heteroatoms. The van der Waals surface area contributed by atoms with Gasteiger partial charge in [0, 0.05) is 31.9 Å².